The topological polar surface area (TPSA) is 119 Å². The van der Waals surface area contributed by atoms with Gasteiger partial charge in [-0.3, -0.25) is 14.5 Å². The van der Waals surface area contributed by atoms with Crippen molar-refractivity contribution in [1.82, 2.24) is 19.7 Å². The van der Waals surface area contributed by atoms with Gasteiger partial charge in [0.05, 0.1) is 20.3 Å². The van der Waals surface area contributed by atoms with E-state index in [4.69, 9.17) is 4.74 Å². The number of methoxy groups -OCH3 is 1. The maximum Gasteiger partial charge on any atom is 0.360 e. The van der Waals surface area contributed by atoms with E-state index in [0.29, 0.717) is 13.2 Å². The molecule has 0 unspecified atom stereocenters. The molecule has 108 valence electrons. The third kappa shape index (κ3) is 2.48. The van der Waals surface area contributed by atoms with Crippen LogP contribution in [-0.4, -0.2) is 46.0 Å². The molecule has 0 fully saturated rings. The van der Waals surface area contributed by atoms with Crippen LogP contribution in [0.1, 0.15) is 17.4 Å². The van der Waals surface area contributed by atoms with E-state index < -0.39 is 17.2 Å². The molecule has 0 aliphatic heterocycles. The standard InChI is InChI=1S/C11H14N4O5/c1-3-20-5-4-15-8-6(7(14-15)10(17)19-2)12-11(18)13-9(8)16/h3-5H2,1-2H3,(H2,12,13,16,18). The lowest BCUT2D eigenvalue weighted by Gasteiger charge is -2.02. The number of esters is 1. The fourth-order valence-electron chi connectivity index (χ4n) is 1.81. The predicted octanol–water partition coefficient (Wildman–Crippen LogP) is -0.764. The van der Waals surface area contributed by atoms with Crippen molar-refractivity contribution < 1.29 is 14.3 Å². The molecule has 2 aromatic heterocycles. The molecule has 9 heteroatoms. The van der Waals surface area contributed by atoms with Crippen LogP contribution in [0, 0.1) is 0 Å². The van der Waals surface area contributed by atoms with Gasteiger partial charge >= 0.3 is 11.7 Å². The number of nitrogens with one attached hydrogen (secondary N) is 2. The van der Waals surface area contributed by atoms with E-state index in [1.807, 2.05) is 6.92 Å². The molecule has 0 spiro atoms. The van der Waals surface area contributed by atoms with Gasteiger partial charge in [-0.2, -0.15) is 5.10 Å². The van der Waals surface area contributed by atoms with Crippen LogP contribution in [0.3, 0.4) is 0 Å². The van der Waals surface area contributed by atoms with Crippen LogP contribution in [0.15, 0.2) is 9.59 Å². The van der Waals surface area contributed by atoms with Gasteiger partial charge in [-0.25, -0.2) is 9.59 Å². The summed E-state index contributed by atoms with van der Waals surface area (Å²) in [6.45, 7) is 2.96. The minimum atomic E-state index is -0.730. The maximum atomic E-state index is 11.8. The highest BCUT2D eigenvalue weighted by molar-refractivity contribution is 5.99. The number of ether oxygens (including phenoxy) is 2. The molecule has 20 heavy (non-hydrogen) atoms. The molecule has 0 saturated carbocycles. The van der Waals surface area contributed by atoms with Gasteiger partial charge in [-0.15, -0.1) is 0 Å². The smallest absolute Gasteiger partial charge is 0.360 e. The maximum absolute atomic E-state index is 11.8. The number of fused-ring (bicyclic) bond motifs is 1. The number of aromatic nitrogens is 4. The summed E-state index contributed by atoms with van der Waals surface area (Å²) in [5, 5.41) is 4.01. The highest BCUT2D eigenvalue weighted by atomic mass is 16.5. The number of carbonyl (C=O) groups excluding carboxylic acids is 1. The number of carbonyl (C=O) groups is 1. The average molecular weight is 282 g/mol. The quantitative estimate of drug-likeness (QED) is 0.549. The molecular weight excluding hydrogens is 268 g/mol. The van der Waals surface area contributed by atoms with E-state index in [-0.39, 0.29) is 23.3 Å². The van der Waals surface area contributed by atoms with Crippen molar-refractivity contribution in [2.75, 3.05) is 20.3 Å². The molecule has 0 radical (unpaired) electrons. The summed E-state index contributed by atoms with van der Waals surface area (Å²) in [6.07, 6.45) is 0. The van der Waals surface area contributed by atoms with Crippen LogP contribution in [-0.2, 0) is 16.0 Å². The molecule has 2 N–H and O–H groups in total. The van der Waals surface area contributed by atoms with E-state index in [9.17, 15) is 14.4 Å². The fourth-order valence-corrected chi connectivity index (χ4v) is 1.81. The first-order valence-corrected chi connectivity index (χ1v) is 5.97. The van der Waals surface area contributed by atoms with Crippen molar-refractivity contribution in [2.24, 2.45) is 0 Å². The second-order valence-electron chi connectivity index (χ2n) is 3.89. The molecule has 0 saturated heterocycles. The van der Waals surface area contributed by atoms with Crippen LogP contribution in [0.2, 0.25) is 0 Å². The zero-order valence-corrected chi connectivity index (χ0v) is 11.1. The van der Waals surface area contributed by atoms with Gasteiger partial charge < -0.3 is 14.5 Å². The Labute approximate surface area is 112 Å². The number of H-pyrrole nitrogens is 2. The third-order valence-corrected chi connectivity index (χ3v) is 2.66. The zero-order valence-electron chi connectivity index (χ0n) is 11.1. The molecule has 2 heterocycles. The highest BCUT2D eigenvalue weighted by Gasteiger charge is 2.21. The van der Waals surface area contributed by atoms with Crippen molar-refractivity contribution in [2.45, 2.75) is 13.5 Å². The van der Waals surface area contributed by atoms with Gasteiger partial charge in [-0.05, 0) is 6.92 Å². The summed E-state index contributed by atoms with van der Waals surface area (Å²) >= 11 is 0. The van der Waals surface area contributed by atoms with Gasteiger partial charge in [0.15, 0.2) is 11.2 Å². The molecule has 2 aromatic rings. The van der Waals surface area contributed by atoms with Gasteiger partial charge in [0.25, 0.3) is 5.56 Å². The summed E-state index contributed by atoms with van der Waals surface area (Å²) in [5.74, 6) is -0.730. The minimum Gasteiger partial charge on any atom is -0.464 e. The first-order valence-electron chi connectivity index (χ1n) is 5.97. The Hall–Kier alpha value is -2.42. The van der Waals surface area contributed by atoms with E-state index >= 15 is 0 Å². The lowest BCUT2D eigenvalue weighted by atomic mass is 10.3. The van der Waals surface area contributed by atoms with Crippen LogP contribution in [0.4, 0.5) is 0 Å². The second kappa shape index (κ2) is 5.70. The number of aromatic amines is 2. The van der Waals surface area contributed by atoms with Gasteiger partial charge in [-0.1, -0.05) is 0 Å². The van der Waals surface area contributed by atoms with Crippen molar-refractivity contribution in [3.8, 4) is 0 Å². The summed E-state index contributed by atoms with van der Waals surface area (Å²) in [7, 11) is 1.19. The van der Waals surface area contributed by atoms with Crippen molar-refractivity contribution in [3.63, 3.8) is 0 Å². The largest absolute Gasteiger partial charge is 0.464 e. The van der Waals surface area contributed by atoms with E-state index in [1.54, 1.807) is 0 Å². The Morgan fingerprint density at radius 2 is 2.10 bits per heavy atom. The van der Waals surface area contributed by atoms with E-state index in [1.165, 1.54) is 11.8 Å². The summed E-state index contributed by atoms with van der Waals surface area (Å²) < 4.78 is 11.1. The first kappa shape index (κ1) is 14.0. The molecule has 0 aliphatic carbocycles. The molecule has 0 aromatic carbocycles. The lowest BCUT2D eigenvalue weighted by Crippen LogP contribution is -2.24. The zero-order chi connectivity index (χ0) is 14.7. The molecule has 0 amide bonds. The van der Waals surface area contributed by atoms with Crippen LogP contribution in [0.25, 0.3) is 11.0 Å². The Morgan fingerprint density at radius 3 is 2.75 bits per heavy atom. The molecule has 0 aliphatic rings. The van der Waals surface area contributed by atoms with E-state index in [2.05, 4.69) is 19.8 Å². The Balaban J connectivity index is 2.60. The summed E-state index contributed by atoms with van der Waals surface area (Å²) in [6, 6.07) is 0. The number of hydrogen-bond acceptors (Lipinski definition) is 6. The molecule has 0 bridgehead atoms. The van der Waals surface area contributed by atoms with Crippen LogP contribution < -0.4 is 11.2 Å². The molecule has 9 nitrogen and oxygen atoms in total. The minimum absolute atomic E-state index is 0.0575. The number of hydrogen-bond donors (Lipinski definition) is 2. The number of nitrogens with zero attached hydrogens (tertiary/aromatic N) is 2. The molecular formula is C11H14N4O5. The number of rotatable bonds is 5. The normalized spacial score (nSPS) is 10.9. The predicted molar refractivity (Wildman–Crippen MR) is 68.8 cm³/mol. The van der Waals surface area contributed by atoms with Gasteiger partial charge in [0.1, 0.15) is 5.52 Å². The Bertz CT molecular complexity index is 741. The Morgan fingerprint density at radius 1 is 1.35 bits per heavy atom. The second-order valence-corrected chi connectivity index (χ2v) is 3.89. The first-order chi connectivity index (χ1) is 9.58. The van der Waals surface area contributed by atoms with Crippen LogP contribution in [0.5, 0.6) is 0 Å². The summed E-state index contributed by atoms with van der Waals surface area (Å²) in [5.41, 5.74) is -1.28. The lowest BCUT2D eigenvalue weighted by molar-refractivity contribution is 0.0594. The fraction of sp³-hybridized carbons (Fsp3) is 0.455. The summed E-state index contributed by atoms with van der Waals surface area (Å²) in [4.78, 5) is 39.3. The van der Waals surface area contributed by atoms with Crippen molar-refractivity contribution in [3.05, 3.63) is 26.5 Å². The molecule has 0 atom stereocenters. The Kier molecular flexibility index (Phi) is 3.99. The van der Waals surface area contributed by atoms with Gasteiger partial charge in [0, 0.05) is 6.61 Å². The van der Waals surface area contributed by atoms with Crippen LogP contribution >= 0.6 is 0 Å². The van der Waals surface area contributed by atoms with Crippen molar-refractivity contribution >= 4 is 17.0 Å². The third-order valence-electron chi connectivity index (χ3n) is 2.66. The van der Waals surface area contributed by atoms with Crippen molar-refractivity contribution in [1.29, 1.82) is 0 Å². The average Bonchev–Trinajstić information content (AvgIpc) is 2.77. The van der Waals surface area contributed by atoms with Gasteiger partial charge in [0.2, 0.25) is 0 Å². The molecule has 2 rings (SSSR count). The highest BCUT2D eigenvalue weighted by Crippen LogP contribution is 2.12. The monoisotopic (exact) mass is 282 g/mol. The van der Waals surface area contributed by atoms with E-state index in [0.717, 1.165) is 0 Å². The SMILES string of the molecule is CCOCCn1nc(C(=O)OC)c2[nH]c(=O)[nH]c(=O)c21.